The standard InChI is InChI=1S/C4Br6N6/c5-1-2-4(12-11-3(1)6)14(8)16(10)15(9)13(2)7. The molecule has 2 rings (SSSR count). The lowest BCUT2D eigenvalue weighted by Crippen LogP contribution is -2.17. The van der Waals surface area contributed by atoms with Crippen molar-refractivity contribution in [3.63, 3.8) is 0 Å². The first kappa shape index (κ1) is 13.6. The van der Waals surface area contributed by atoms with Gasteiger partial charge in [-0.3, -0.25) is 0 Å². The van der Waals surface area contributed by atoms with Gasteiger partial charge in [0, 0.05) is 0 Å². The van der Waals surface area contributed by atoms with Gasteiger partial charge in [0.15, 0.2) is 0 Å². The minimum atomic E-state index is 0.597. The summed E-state index contributed by atoms with van der Waals surface area (Å²) < 4.78 is 7.73. The molecule has 0 amide bonds. The number of hydrogen-bond acceptors (Lipinski definition) is 2. The minimum Gasteiger partial charge on any atom is -0.186 e. The molecule has 0 radical (unpaired) electrons. The van der Waals surface area contributed by atoms with E-state index in [0.29, 0.717) is 10.3 Å². The fraction of sp³-hybridized carbons (Fsp3) is 0. The van der Waals surface area contributed by atoms with Crippen molar-refractivity contribution in [2.45, 2.75) is 0 Å². The molecule has 0 bridgehead atoms. The Morgan fingerprint density at radius 3 is 2.00 bits per heavy atom. The second-order valence-electron chi connectivity index (χ2n) is 2.48. The van der Waals surface area contributed by atoms with Crippen LogP contribution >= 0.6 is 96.4 Å². The highest BCUT2D eigenvalue weighted by Crippen LogP contribution is 2.30. The molecule has 2 aromatic rings. The molecule has 0 aromatic carbocycles. The summed E-state index contributed by atoms with van der Waals surface area (Å²) in [5, 5.41) is 8.01. The summed E-state index contributed by atoms with van der Waals surface area (Å²) in [4.78, 5) is 0. The van der Waals surface area contributed by atoms with E-state index in [4.69, 9.17) is 0 Å². The van der Waals surface area contributed by atoms with E-state index in [1.54, 1.807) is 15.1 Å². The van der Waals surface area contributed by atoms with Crippen molar-refractivity contribution < 1.29 is 0 Å². The zero-order chi connectivity index (χ0) is 12.0. The van der Waals surface area contributed by atoms with Crippen molar-refractivity contribution in [2.24, 2.45) is 0 Å². The molecular formula is C4Br6N6. The number of fused-ring (bicyclic) bond motifs is 1. The minimum absolute atomic E-state index is 0.597. The fourth-order valence-electron chi connectivity index (χ4n) is 0.956. The lowest BCUT2D eigenvalue weighted by Gasteiger charge is -2.15. The molecule has 2 heterocycles. The van der Waals surface area contributed by atoms with E-state index in [2.05, 4.69) is 107 Å². The maximum atomic E-state index is 4.06. The lowest BCUT2D eigenvalue weighted by atomic mass is 10.5. The predicted octanol–water partition coefficient (Wildman–Crippen LogP) is 4.12. The molecule has 2 aromatic heterocycles. The van der Waals surface area contributed by atoms with Gasteiger partial charge in [-0.05, 0) is 31.9 Å². The first-order valence-corrected chi connectivity index (χ1v) is 7.92. The van der Waals surface area contributed by atoms with Crippen LogP contribution in [0.25, 0.3) is 11.2 Å². The Hall–Kier alpha value is 1.16. The molecular weight excluding hydrogens is 612 g/mol. The number of aromatic nitrogens is 6. The van der Waals surface area contributed by atoms with E-state index in [0.717, 1.165) is 9.99 Å². The zero-order valence-electron chi connectivity index (χ0n) is 6.95. The van der Waals surface area contributed by atoms with Crippen LogP contribution in [0.2, 0.25) is 0 Å². The van der Waals surface area contributed by atoms with Crippen LogP contribution in [0.3, 0.4) is 0 Å². The third-order valence-corrected chi connectivity index (χ3v) is 7.26. The molecule has 0 N–H and O–H groups in total. The molecule has 0 aliphatic carbocycles. The lowest BCUT2D eigenvalue weighted by molar-refractivity contribution is 0.670. The smallest absolute Gasteiger partial charge is 0.186 e. The summed E-state index contributed by atoms with van der Waals surface area (Å²) in [5.74, 6) is 0. The van der Waals surface area contributed by atoms with Crippen molar-refractivity contribution >= 4 is 108 Å². The van der Waals surface area contributed by atoms with Crippen molar-refractivity contribution in [2.75, 3.05) is 0 Å². The van der Waals surface area contributed by atoms with Crippen LogP contribution < -0.4 is 0 Å². The second kappa shape index (κ2) is 5.03. The topological polar surface area (TPSA) is 45.5 Å². The summed E-state index contributed by atoms with van der Waals surface area (Å²) in [6, 6.07) is 0. The highest BCUT2D eigenvalue weighted by molar-refractivity contribution is 9.13. The van der Waals surface area contributed by atoms with Gasteiger partial charge in [0.1, 0.15) is 10.1 Å². The summed E-state index contributed by atoms with van der Waals surface area (Å²) in [6.45, 7) is 0. The molecule has 0 spiro atoms. The van der Waals surface area contributed by atoms with Crippen molar-refractivity contribution in [3.05, 3.63) is 9.08 Å². The van der Waals surface area contributed by atoms with Gasteiger partial charge in [-0.25, -0.2) is 0 Å². The normalized spacial score (nSPS) is 11.1. The molecule has 12 heteroatoms. The SMILES string of the molecule is Brc1nnc2c(c1Br)n(Br)n(Br)n(Br)n2Br. The number of rotatable bonds is 0. The van der Waals surface area contributed by atoms with Gasteiger partial charge in [0.2, 0.25) is 5.65 Å². The largest absolute Gasteiger partial charge is 0.211 e. The Bertz CT molecular complexity index is 600. The Balaban J connectivity index is 3.09. The van der Waals surface area contributed by atoms with Gasteiger partial charge in [-0.1, -0.05) is 0 Å². The van der Waals surface area contributed by atoms with Gasteiger partial charge in [-0.2, -0.15) is 7.42 Å². The van der Waals surface area contributed by atoms with Gasteiger partial charge in [0.05, 0.1) is 69.1 Å². The summed E-state index contributed by atoms with van der Waals surface area (Å²) >= 11 is 20.1. The Morgan fingerprint density at radius 2 is 1.38 bits per heavy atom. The van der Waals surface area contributed by atoms with Crippen LogP contribution in [0, 0.1) is 0 Å². The molecule has 6 nitrogen and oxygen atoms in total. The van der Waals surface area contributed by atoms with Gasteiger partial charge < -0.3 is 0 Å². The van der Waals surface area contributed by atoms with Crippen LogP contribution in [-0.2, 0) is 0 Å². The number of nitrogens with zero attached hydrogens (tertiary/aromatic N) is 6. The quantitative estimate of drug-likeness (QED) is 0.451. The molecule has 0 fully saturated rings. The molecule has 88 valence electrons. The molecule has 0 atom stereocenters. The van der Waals surface area contributed by atoms with E-state index in [-0.39, 0.29) is 0 Å². The number of halogens is 6. The van der Waals surface area contributed by atoms with E-state index < -0.39 is 0 Å². The molecule has 16 heavy (non-hydrogen) atoms. The van der Waals surface area contributed by atoms with Crippen LogP contribution in [0.1, 0.15) is 0 Å². The van der Waals surface area contributed by atoms with Gasteiger partial charge in [0.25, 0.3) is 0 Å². The predicted molar refractivity (Wildman–Crippen MR) is 81.8 cm³/mol. The maximum absolute atomic E-state index is 4.06. The Labute approximate surface area is 140 Å². The van der Waals surface area contributed by atoms with Crippen LogP contribution in [0.5, 0.6) is 0 Å². The summed E-state index contributed by atoms with van der Waals surface area (Å²) in [5.41, 5.74) is 1.37. The van der Waals surface area contributed by atoms with Gasteiger partial charge in [-0.15, -0.1) is 17.8 Å². The molecule has 0 unspecified atom stereocenters. The van der Waals surface area contributed by atoms with Crippen molar-refractivity contribution in [1.82, 2.24) is 25.3 Å². The van der Waals surface area contributed by atoms with Crippen LogP contribution in [-0.4, -0.2) is 25.3 Å². The first-order chi connectivity index (χ1) is 7.45. The molecule has 0 saturated carbocycles. The van der Waals surface area contributed by atoms with Crippen molar-refractivity contribution in [1.29, 1.82) is 0 Å². The average molecular weight is 612 g/mol. The van der Waals surface area contributed by atoms with Gasteiger partial charge >= 0.3 is 0 Å². The molecule has 0 saturated heterocycles. The molecule has 0 aliphatic rings. The van der Waals surface area contributed by atoms with E-state index in [9.17, 15) is 0 Å². The Kier molecular flexibility index (Phi) is 4.28. The summed E-state index contributed by atoms with van der Waals surface area (Å²) in [6.07, 6.45) is 0. The van der Waals surface area contributed by atoms with E-state index >= 15 is 0 Å². The average Bonchev–Trinajstić information content (AvgIpc) is 2.27. The van der Waals surface area contributed by atoms with E-state index in [1.165, 1.54) is 0 Å². The summed E-state index contributed by atoms with van der Waals surface area (Å²) in [7, 11) is 0. The maximum Gasteiger partial charge on any atom is 0.211 e. The highest BCUT2D eigenvalue weighted by atomic mass is 79.9. The third kappa shape index (κ3) is 2.09. The zero-order valence-corrected chi connectivity index (χ0v) is 16.5. The van der Waals surface area contributed by atoms with Crippen LogP contribution in [0.15, 0.2) is 9.08 Å². The fourth-order valence-corrected chi connectivity index (χ4v) is 3.70. The van der Waals surface area contributed by atoms with Crippen LogP contribution in [0.4, 0.5) is 0 Å². The van der Waals surface area contributed by atoms with E-state index in [1.807, 2.05) is 0 Å². The second-order valence-corrected chi connectivity index (χ2v) is 6.64. The highest BCUT2D eigenvalue weighted by Gasteiger charge is 2.15. The molecule has 0 aliphatic heterocycles. The number of hydrogen-bond donors (Lipinski definition) is 0. The first-order valence-electron chi connectivity index (χ1n) is 3.50. The monoisotopic (exact) mass is 606 g/mol. The third-order valence-electron chi connectivity index (χ3n) is 1.62. The Morgan fingerprint density at radius 1 is 0.812 bits per heavy atom. The van der Waals surface area contributed by atoms with Crippen molar-refractivity contribution in [3.8, 4) is 0 Å².